The van der Waals surface area contributed by atoms with Crippen LogP contribution in [0.4, 0.5) is 0 Å². The molecule has 1 N–H and O–H groups in total. The maximum absolute atomic E-state index is 5.73. The summed E-state index contributed by atoms with van der Waals surface area (Å²) >= 11 is 0. The summed E-state index contributed by atoms with van der Waals surface area (Å²) in [5.74, 6) is 1.16. The minimum atomic E-state index is 0.508. The van der Waals surface area contributed by atoms with Crippen LogP contribution >= 0.6 is 0 Å². The van der Waals surface area contributed by atoms with Gasteiger partial charge in [-0.15, -0.1) is 0 Å². The predicted octanol–water partition coefficient (Wildman–Crippen LogP) is 3.54. The molecule has 1 saturated carbocycles. The summed E-state index contributed by atoms with van der Waals surface area (Å²) in [6, 6.07) is 2.89. The molecular formula is C17H28N2O. The third kappa shape index (κ3) is 3.86. The van der Waals surface area contributed by atoms with E-state index in [2.05, 4.69) is 30.1 Å². The molecule has 0 amide bonds. The van der Waals surface area contributed by atoms with Crippen molar-refractivity contribution in [3.8, 4) is 0 Å². The van der Waals surface area contributed by atoms with Gasteiger partial charge in [0.1, 0.15) is 5.76 Å². The maximum atomic E-state index is 5.73. The van der Waals surface area contributed by atoms with E-state index in [-0.39, 0.29) is 0 Å². The van der Waals surface area contributed by atoms with Gasteiger partial charge in [0, 0.05) is 18.2 Å². The fourth-order valence-electron chi connectivity index (χ4n) is 3.04. The molecule has 0 atom stereocenters. The van der Waals surface area contributed by atoms with Gasteiger partial charge in [-0.3, -0.25) is 4.90 Å². The number of furan rings is 1. The molecule has 0 unspecified atom stereocenters. The summed E-state index contributed by atoms with van der Waals surface area (Å²) in [6.07, 6.45) is 8.48. The van der Waals surface area contributed by atoms with E-state index in [1.54, 1.807) is 0 Å². The van der Waals surface area contributed by atoms with Gasteiger partial charge in [0.2, 0.25) is 0 Å². The van der Waals surface area contributed by atoms with Gasteiger partial charge in [0.25, 0.3) is 0 Å². The minimum Gasteiger partial charge on any atom is -0.468 e. The molecule has 3 nitrogen and oxygen atoms in total. The standard InChI is InChI=1S/C17H28N2O/c1-17(2)7-3-9-19(10-8-17)13-16-14(6-11-20-16)12-18-15-4-5-15/h6,11,15,18H,3-5,7-10,12-13H2,1-2H3. The molecule has 3 heteroatoms. The van der Waals surface area contributed by atoms with Crippen LogP contribution in [0.25, 0.3) is 0 Å². The Morgan fingerprint density at radius 2 is 2.15 bits per heavy atom. The van der Waals surface area contributed by atoms with Gasteiger partial charge in [-0.2, -0.15) is 0 Å². The zero-order valence-corrected chi connectivity index (χ0v) is 13.0. The smallest absolute Gasteiger partial charge is 0.122 e. The lowest BCUT2D eigenvalue weighted by molar-refractivity contribution is 0.237. The molecule has 0 spiro atoms. The van der Waals surface area contributed by atoms with Crippen molar-refractivity contribution in [2.45, 2.75) is 65.1 Å². The average molecular weight is 276 g/mol. The third-order valence-corrected chi connectivity index (χ3v) is 4.80. The van der Waals surface area contributed by atoms with Gasteiger partial charge in [0.05, 0.1) is 12.8 Å². The van der Waals surface area contributed by atoms with Crippen LogP contribution in [0.15, 0.2) is 16.7 Å². The molecule has 3 rings (SSSR count). The fourth-order valence-corrected chi connectivity index (χ4v) is 3.04. The molecule has 0 bridgehead atoms. The number of hydrogen-bond donors (Lipinski definition) is 1. The second-order valence-electron chi connectivity index (χ2n) is 7.32. The molecule has 1 aliphatic carbocycles. The van der Waals surface area contributed by atoms with E-state index in [0.717, 1.165) is 24.9 Å². The van der Waals surface area contributed by atoms with Crippen LogP contribution < -0.4 is 5.32 Å². The first-order valence-corrected chi connectivity index (χ1v) is 8.13. The Morgan fingerprint density at radius 1 is 1.30 bits per heavy atom. The second kappa shape index (κ2) is 5.90. The third-order valence-electron chi connectivity index (χ3n) is 4.80. The highest BCUT2D eigenvalue weighted by Gasteiger charge is 2.24. The number of likely N-dealkylation sites (tertiary alicyclic amines) is 1. The molecule has 2 fully saturated rings. The molecule has 0 aromatic carbocycles. The number of hydrogen-bond acceptors (Lipinski definition) is 3. The zero-order chi connectivity index (χ0) is 14.0. The highest BCUT2D eigenvalue weighted by molar-refractivity contribution is 5.17. The van der Waals surface area contributed by atoms with E-state index >= 15 is 0 Å². The minimum absolute atomic E-state index is 0.508. The zero-order valence-electron chi connectivity index (χ0n) is 13.0. The van der Waals surface area contributed by atoms with Crippen LogP contribution in [0.1, 0.15) is 57.3 Å². The van der Waals surface area contributed by atoms with Crippen LogP contribution in [0.5, 0.6) is 0 Å². The normalized spacial score (nSPS) is 23.7. The monoisotopic (exact) mass is 276 g/mol. The number of rotatable bonds is 5. The van der Waals surface area contributed by atoms with Crippen LogP contribution in [-0.2, 0) is 13.1 Å². The van der Waals surface area contributed by atoms with Gasteiger partial charge in [-0.25, -0.2) is 0 Å². The van der Waals surface area contributed by atoms with Crippen molar-refractivity contribution >= 4 is 0 Å². The Morgan fingerprint density at radius 3 is 2.95 bits per heavy atom. The molecule has 20 heavy (non-hydrogen) atoms. The number of nitrogens with zero attached hydrogens (tertiary/aromatic N) is 1. The first-order chi connectivity index (χ1) is 9.62. The Labute approximate surface area is 122 Å². The molecule has 2 aliphatic rings. The largest absolute Gasteiger partial charge is 0.468 e. The Bertz CT molecular complexity index is 434. The maximum Gasteiger partial charge on any atom is 0.122 e. The van der Waals surface area contributed by atoms with Crippen molar-refractivity contribution in [1.82, 2.24) is 10.2 Å². The Balaban J connectivity index is 1.55. The van der Waals surface area contributed by atoms with E-state index in [4.69, 9.17) is 4.42 Å². The summed E-state index contributed by atoms with van der Waals surface area (Å²) in [5, 5.41) is 3.58. The quantitative estimate of drug-likeness (QED) is 0.891. The SMILES string of the molecule is CC1(C)CCCN(Cc2occc2CNC2CC2)CC1. The Kier molecular flexibility index (Phi) is 4.18. The molecular weight excluding hydrogens is 248 g/mol. The summed E-state index contributed by atoms with van der Waals surface area (Å²) < 4.78 is 5.73. The van der Waals surface area contributed by atoms with E-state index in [0.29, 0.717) is 5.41 Å². The van der Waals surface area contributed by atoms with Gasteiger partial charge in [0.15, 0.2) is 0 Å². The van der Waals surface area contributed by atoms with Crippen LogP contribution in [0.3, 0.4) is 0 Å². The van der Waals surface area contributed by atoms with E-state index in [1.165, 1.54) is 50.8 Å². The van der Waals surface area contributed by atoms with Crippen molar-refractivity contribution in [1.29, 1.82) is 0 Å². The van der Waals surface area contributed by atoms with Crippen molar-refractivity contribution in [3.05, 3.63) is 23.7 Å². The molecule has 1 saturated heterocycles. The van der Waals surface area contributed by atoms with Crippen LogP contribution in [0.2, 0.25) is 0 Å². The van der Waals surface area contributed by atoms with E-state index in [9.17, 15) is 0 Å². The van der Waals surface area contributed by atoms with Crippen molar-refractivity contribution in [2.24, 2.45) is 5.41 Å². The van der Waals surface area contributed by atoms with Gasteiger partial charge >= 0.3 is 0 Å². The second-order valence-corrected chi connectivity index (χ2v) is 7.32. The summed E-state index contributed by atoms with van der Waals surface area (Å²) in [5.41, 5.74) is 1.86. The average Bonchev–Trinajstić information content (AvgIpc) is 3.15. The lowest BCUT2D eigenvalue weighted by atomic mass is 9.85. The summed E-state index contributed by atoms with van der Waals surface area (Å²) in [7, 11) is 0. The fraction of sp³-hybridized carbons (Fsp3) is 0.765. The highest BCUT2D eigenvalue weighted by Crippen LogP contribution is 2.30. The van der Waals surface area contributed by atoms with Gasteiger partial charge < -0.3 is 9.73 Å². The molecule has 1 aromatic heterocycles. The summed E-state index contributed by atoms with van der Waals surface area (Å²) in [4.78, 5) is 2.56. The lowest BCUT2D eigenvalue weighted by Gasteiger charge is -2.23. The number of nitrogens with one attached hydrogen (secondary N) is 1. The molecule has 2 heterocycles. The van der Waals surface area contributed by atoms with E-state index in [1.807, 2.05) is 6.26 Å². The van der Waals surface area contributed by atoms with Crippen molar-refractivity contribution in [3.63, 3.8) is 0 Å². The van der Waals surface area contributed by atoms with Crippen LogP contribution in [-0.4, -0.2) is 24.0 Å². The van der Waals surface area contributed by atoms with E-state index < -0.39 is 0 Å². The topological polar surface area (TPSA) is 28.4 Å². The summed E-state index contributed by atoms with van der Waals surface area (Å²) in [6.45, 7) is 9.15. The molecule has 1 aromatic rings. The lowest BCUT2D eigenvalue weighted by Crippen LogP contribution is -2.26. The van der Waals surface area contributed by atoms with Crippen molar-refractivity contribution < 1.29 is 4.42 Å². The van der Waals surface area contributed by atoms with Crippen LogP contribution in [0, 0.1) is 5.41 Å². The molecule has 1 aliphatic heterocycles. The van der Waals surface area contributed by atoms with Crippen molar-refractivity contribution in [2.75, 3.05) is 13.1 Å². The first kappa shape index (κ1) is 14.2. The molecule has 112 valence electrons. The molecule has 0 radical (unpaired) electrons. The van der Waals surface area contributed by atoms with Gasteiger partial charge in [-0.05, 0) is 56.7 Å². The first-order valence-electron chi connectivity index (χ1n) is 8.13. The predicted molar refractivity (Wildman–Crippen MR) is 81.5 cm³/mol. The Hall–Kier alpha value is -0.800. The highest BCUT2D eigenvalue weighted by atomic mass is 16.3. The van der Waals surface area contributed by atoms with Gasteiger partial charge in [-0.1, -0.05) is 13.8 Å².